The van der Waals surface area contributed by atoms with Crippen molar-refractivity contribution in [1.82, 2.24) is 19.9 Å². The average Bonchev–Trinajstić information content (AvgIpc) is 3.48. The van der Waals surface area contributed by atoms with Crippen LogP contribution in [0.15, 0.2) is 41.8 Å². The summed E-state index contributed by atoms with van der Waals surface area (Å²) >= 11 is 7.70. The summed E-state index contributed by atoms with van der Waals surface area (Å²) in [6.45, 7) is 5.43. The van der Waals surface area contributed by atoms with Gasteiger partial charge in [0.2, 0.25) is 11.9 Å². The molecule has 2 amide bonds. The summed E-state index contributed by atoms with van der Waals surface area (Å²) in [4.78, 5) is 39.6. The summed E-state index contributed by atoms with van der Waals surface area (Å²) in [5.74, 6) is 0.456. The van der Waals surface area contributed by atoms with E-state index in [0.29, 0.717) is 36.2 Å². The SMILES string of the molecule is Cc1cc2nc(NC(=O)c3csc(C4CCN(C(=O)Cc5ccccc5Cl)CC4)n3)[nH]c2cc1C. The van der Waals surface area contributed by atoms with Gasteiger partial charge in [-0.2, -0.15) is 0 Å². The van der Waals surface area contributed by atoms with Crippen LogP contribution < -0.4 is 5.32 Å². The minimum atomic E-state index is -0.285. The van der Waals surface area contributed by atoms with Gasteiger partial charge < -0.3 is 9.88 Å². The summed E-state index contributed by atoms with van der Waals surface area (Å²) in [6, 6.07) is 11.5. The van der Waals surface area contributed by atoms with Crippen molar-refractivity contribution in [2.75, 3.05) is 18.4 Å². The highest BCUT2D eigenvalue weighted by Gasteiger charge is 2.27. The van der Waals surface area contributed by atoms with Gasteiger partial charge in [0.25, 0.3) is 5.91 Å². The fourth-order valence-electron chi connectivity index (χ4n) is 4.37. The van der Waals surface area contributed by atoms with Gasteiger partial charge >= 0.3 is 0 Å². The average molecular weight is 508 g/mol. The molecule has 1 fully saturated rings. The summed E-state index contributed by atoms with van der Waals surface area (Å²) < 4.78 is 0. The minimum Gasteiger partial charge on any atom is -0.342 e. The highest BCUT2D eigenvalue weighted by atomic mass is 35.5. The van der Waals surface area contributed by atoms with Crippen LogP contribution in [0.3, 0.4) is 0 Å². The number of aromatic amines is 1. The Bertz CT molecular complexity index is 1370. The summed E-state index contributed by atoms with van der Waals surface area (Å²) in [7, 11) is 0. The smallest absolute Gasteiger partial charge is 0.277 e. The van der Waals surface area contributed by atoms with Crippen molar-refractivity contribution in [3.8, 4) is 0 Å². The molecule has 9 heteroatoms. The largest absolute Gasteiger partial charge is 0.342 e. The van der Waals surface area contributed by atoms with E-state index in [1.807, 2.05) is 55.1 Å². The van der Waals surface area contributed by atoms with E-state index >= 15 is 0 Å². The fraction of sp³-hybridized carbons (Fsp3) is 0.308. The molecular formula is C26H26ClN5O2S. The number of nitrogens with one attached hydrogen (secondary N) is 2. The van der Waals surface area contributed by atoms with Crippen LogP contribution in [0.25, 0.3) is 11.0 Å². The van der Waals surface area contributed by atoms with Crippen molar-refractivity contribution in [3.63, 3.8) is 0 Å². The molecule has 0 atom stereocenters. The number of anilines is 1. The predicted octanol–water partition coefficient (Wildman–Crippen LogP) is 5.49. The van der Waals surface area contributed by atoms with Gasteiger partial charge in [-0.05, 0) is 61.6 Å². The quantitative estimate of drug-likeness (QED) is 0.373. The van der Waals surface area contributed by atoms with Gasteiger partial charge in [-0.15, -0.1) is 11.3 Å². The van der Waals surface area contributed by atoms with Gasteiger partial charge in [0, 0.05) is 29.4 Å². The molecule has 35 heavy (non-hydrogen) atoms. The Hall–Kier alpha value is -3.23. The van der Waals surface area contributed by atoms with Crippen molar-refractivity contribution >= 4 is 51.7 Å². The number of piperidine rings is 1. The van der Waals surface area contributed by atoms with Crippen LogP contribution in [-0.4, -0.2) is 44.8 Å². The normalized spacial score (nSPS) is 14.4. The van der Waals surface area contributed by atoms with Crippen LogP contribution in [0.1, 0.15) is 50.9 Å². The molecule has 2 aromatic carbocycles. The lowest BCUT2D eigenvalue weighted by molar-refractivity contribution is -0.131. The highest BCUT2D eigenvalue weighted by Crippen LogP contribution is 2.31. The minimum absolute atomic E-state index is 0.0898. The number of carbonyl (C=O) groups is 2. The third-order valence-corrected chi connectivity index (χ3v) is 7.96. The molecule has 1 aliphatic rings. The molecule has 2 aromatic heterocycles. The van der Waals surface area contributed by atoms with Crippen LogP contribution in [0.2, 0.25) is 5.02 Å². The van der Waals surface area contributed by atoms with Gasteiger partial charge in [-0.1, -0.05) is 29.8 Å². The molecule has 0 spiro atoms. The zero-order chi connectivity index (χ0) is 24.5. The van der Waals surface area contributed by atoms with Crippen LogP contribution in [0.4, 0.5) is 5.95 Å². The Labute approximate surface area is 212 Å². The molecule has 1 aliphatic heterocycles. The van der Waals surface area contributed by atoms with Crippen molar-refractivity contribution in [1.29, 1.82) is 0 Å². The summed E-state index contributed by atoms with van der Waals surface area (Å²) in [5.41, 5.74) is 5.26. The number of rotatable bonds is 5. The monoisotopic (exact) mass is 507 g/mol. The maximum atomic E-state index is 12.8. The summed E-state index contributed by atoms with van der Waals surface area (Å²) in [5, 5.41) is 6.17. The molecule has 2 N–H and O–H groups in total. The second-order valence-electron chi connectivity index (χ2n) is 8.99. The van der Waals surface area contributed by atoms with Gasteiger partial charge in [0.1, 0.15) is 5.69 Å². The zero-order valence-electron chi connectivity index (χ0n) is 19.6. The highest BCUT2D eigenvalue weighted by molar-refractivity contribution is 7.10. The number of hydrogen-bond acceptors (Lipinski definition) is 5. The number of hydrogen-bond donors (Lipinski definition) is 2. The number of nitrogens with zero attached hydrogens (tertiary/aromatic N) is 3. The van der Waals surface area contributed by atoms with Crippen LogP contribution in [-0.2, 0) is 11.2 Å². The number of H-pyrrole nitrogens is 1. The Kier molecular flexibility index (Phi) is 6.58. The van der Waals surface area contributed by atoms with E-state index in [2.05, 4.69) is 20.3 Å². The van der Waals surface area contributed by atoms with Crippen molar-refractivity contribution in [2.24, 2.45) is 0 Å². The topological polar surface area (TPSA) is 91.0 Å². The number of amides is 2. The third kappa shape index (κ3) is 5.09. The van der Waals surface area contributed by atoms with E-state index < -0.39 is 0 Å². The fourth-order valence-corrected chi connectivity index (χ4v) is 5.55. The van der Waals surface area contributed by atoms with Gasteiger partial charge in [-0.3, -0.25) is 14.9 Å². The third-order valence-electron chi connectivity index (χ3n) is 6.58. The second-order valence-corrected chi connectivity index (χ2v) is 10.3. The number of aromatic nitrogens is 3. The van der Waals surface area contributed by atoms with Crippen molar-refractivity contribution < 1.29 is 9.59 Å². The molecule has 0 bridgehead atoms. The number of fused-ring (bicyclic) bond motifs is 1. The molecule has 0 radical (unpaired) electrons. The molecule has 5 rings (SSSR count). The Morgan fingerprint density at radius 2 is 1.89 bits per heavy atom. The molecule has 0 aliphatic carbocycles. The van der Waals surface area contributed by atoms with E-state index in [1.54, 1.807) is 5.38 Å². The lowest BCUT2D eigenvalue weighted by atomic mass is 9.97. The molecule has 0 unspecified atom stereocenters. The molecule has 0 saturated carbocycles. The van der Waals surface area contributed by atoms with Crippen molar-refractivity contribution in [3.05, 3.63) is 74.2 Å². The van der Waals surface area contributed by atoms with Crippen LogP contribution in [0, 0.1) is 13.8 Å². The molecule has 7 nitrogen and oxygen atoms in total. The van der Waals surface area contributed by atoms with E-state index in [4.69, 9.17) is 11.6 Å². The van der Waals surface area contributed by atoms with Crippen molar-refractivity contribution in [2.45, 2.75) is 39.0 Å². The van der Waals surface area contributed by atoms with Gasteiger partial charge in [0.15, 0.2) is 0 Å². The van der Waals surface area contributed by atoms with E-state index in [-0.39, 0.29) is 17.7 Å². The Morgan fingerprint density at radius 3 is 2.66 bits per heavy atom. The molecule has 3 heterocycles. The lowest BCUT2D eigenvalue weighted by Gasteiger charge is -2.31. The number of benzene rings is 2. The first kappa shape index (κ1) is 23.5. The number of aryl methyl sites for hydroxylation is 2. The maximum Gasteiger partial charge on any atom is 0.277 e. The zero-order valence-corrected chi connectivity index (χ0v) is 21.2. The standard InChI is InChI=1S/C26H26ClN5O2S/c1-15-11-20-21(12-16(15)2)30-26(29-20)31-24(34)22-14-35-25(28-22)17-7-9-32(10-8-17)23(33)13-18-5-3-4-6-19(18)27/h3-6,11-12,14,17H,7-10,13H2,1-2H3,(H2,29,30,31,34). The number of carbonyl (C=O) groups excluding carboxylic acids is 2. The van der Waals surface area contributed by atoms with E-state index in [9.17, 15) is 9.59 Å². The summed E-state index contributed by atoms with van der Waals surface area (Å²) in [6.07, 6.45) is 1.96. The molecular weight excluding hydrogens is 482 g/mol. The number of halogens is 1. The molecule has 1 saturated heterocycles. The molecule has 4 aromatic rings. The number of imidazole rings is 1. The first-order chi connectivity index (χ1) is 16.9. The predicted molar refractivity (Wildman–Crippen MR) is 139 cm³/mol. The van der Waals surface area contributed by atoms with Gasteiger partial charge in [-0.25, -0.2) is 9.97 Å². The second kappa shape index (κ2) is 9.79. The van der Waals surface area contributed by atoms with Crippen LogP contribution in [0.5, 0.6) is 0 Å². The van der Waals surface area contributed by atoms with E-state index in [1.165, 1.54) is 16.9 Å². The van der Waals surface area contributed by atoms with Crippen LogP contribution >= 0.6 is 22.9 Å². The maximum absolute atomic E-state index is 12.8. The lowest BCUT2D eigenvalue weighted by Crippen LogP contribution is -2.38. The Balaban J connectivity index is 1.18. The number of thiazole rings is 1. The first-order valence-corrected chi connectivity index (χ1v) is 12.9. The first-order valence-electron chi connectivity index (χ1n) is 11.6. The molecule has 180 valence electrons. The number of likely N-dealkylation sites (tertiary alicyclic amines) is 1. The van der Waals surface area contributed by atoms with Gasteiger partial charge in [0.05, 0.1) is 22.5 Å². The Morgan fingerprint density at radius 1 is 1.14 bits per heavy atom. The van der Waals surface area contributed by atoms with E-state index in [0.717, 1.165) is 40.0 Å².